The van der Waals surface area contributed by atoms with Gasteiger partial charge in [0.25, 0.3) is 0 Å². The molecule has 9 atom stereocenters. The van der Waals surface area contributed by atoms with Gasteiger partial charge in [0.05, 0.1) is 18.1 Å². The van der Waals surface area contributed by atoms with E-state index in [4.69, 9.17) is 23.7 Å². The number of ether oxygens (including phenoxy) is 5. The van der Waals surface area contributed by atoms with Gasteiger partial charge in [-0.2, -0.15) is 0 Å². The first-order chi connectivity index (χ1) is 21.1. The molecule has 0 aromatic rings. The first-order valence-electron chi connectivity index (χ1n) is 18.1. The van der Waals surface area contributed by atoms with Crippen LogP contribution >= 0.6 is 0 Å². The average Bonchev–Trinajstić information content (AvgIpc) is 3.16. The molecule has 2 aliphatic heterocycles. The third-order valence-electron chi connectivity index (χ3n) is 12.6. The molecule has 0 aromatic carbocycles. The molecule has 0 amide bonds. The SMILES string of the molecule is CCCCCCCCCCCC(=O)O[C@@]12C[C@@H](C)[C@]34C=C(C)[C@@H]5OC(C)(C)O[C@@]53[C@@H]3OC(C)(C)OCC3=C[C@H](C4O)[C@@H]1C2(C)C. The molecule has 2 heterocycles. The molecule has 45 heavy (non-hydrogen) atoms. The van der Waals surface area contributed by atoms with Gasteiger partial charge in [0.15, 0.2) is 11.6 Å². The Hall–Kier alpha value is -1.25. The van der Waals surface area contributed by atoms with Crippen molar-refractivity contribution in [1.82, 2.24) is 0 Å². The Bertz CT molecular complexity index is 1220. The van der Waals surface area contributed by atoms with Gasteiger partial charge in [-0.25, -0.2) is 0 Å². The molecule has 2 saturated carbocycles. The van der Waals surface area contributed by atoms with E-state index in [2.05, 4.69) is 46.8 Å². The van der Waals surface area contributed by atoms with E-state index in [-0.39, 0.29) is 35.2 Å². The van der Waals surface area contributed by atoms with Crippen LogP contribution < -0.4 is 0 Å². The van der Waals surface area contributed by atoms with Crippen LogP contribution in [0.25, 0.3) is 0 Å². The second-order valence-corrected chi connectivity index (χ2v) is 16.8. The van der Waals surface area contributed by atoms with Crippen molar-refractivity contribution in [3.05, 3.63) is 23.3 Å². The minimum Gasteiger partial charge on any atom is -0.458 e. The van der Waals surface area contributed by atoms with Crippen molar-refractivity contribution in [3.8, 4) is 0 Å². The fourth-order valence-electron chi connectivity index (χ4n) is 10.6. The molecule has 1 unspecified atom stereocenters. The molecule has 4 aliphatic carbocycles. The van der Waals surface area contributed by atoms with Gasteiger partial charge < -0.3 is 28.8 Å². The smallest absolute Gasteiger partial charge is 0.306 e. The third-order valence-corrected chi connectivity index (χ3v) is 12.6. The summed E-state index contributed by atoms with van der Waals surface area (Å²) in [5, 5.41) is 12.8. The van der Waals surface area contributed by atoms with Crippen LogP contribution in [-0.2, 0) is 28.5 Å². The van der Waals surface area contributed by atoms with Crippen LogP contribution in [-0.4, -0.2) is 58.8 Å². The van der Waals surface area contributed by atoms with Crippen molar-refractivity contribution in [3.63, 3.8) is 0 Å². The molecule has 0 radical (unpaired) electrons. The molecule has 2 saturated heterocycles. The molecule has 7 heteroatoms. The van der Waals surface area contributed by atoms with Crippen LogP contribution in [0.2, 0.25) is 0 Å². The van der Waals surface area contributed by atoms with Crippen LogP contribution in [0.1, 0.15) is 133 Å². The second kappa shape index (κ2) is 11.4. The molecule has 7 nitrogen and oxygen atoms in total. The first kappa shape index (κ1) is 33.6. The molecule has 4 fully saturated rings. The maximum absolute atomic E-state index is 13.5. The Labute approximate surface area is 271 Å². The van der Waals surface area contributed by atoms with Gasteiger partial charge in [-0.05, 0) is 64.5 Å². The van der Waals surface area contributed by atoms with Crippen LogP contribution in [0.15, 0.2) is 23.3 Å². The second-order valence-electron chi connectivity index (χ2n) is 16.8. The Morgan fingerprint density at radius 2 is 1.56 bits per heavy atom. The normalized spacial score (nSPS) is 43.1. The third kappa shape index (κ3) is 5.03. The summed E-state index contributed by atoms with van der Waals surface area (Å²) in [4.78, 5) is 13.5. The Morgan fingerprint density at radius 3 is 2.22 bits per heavy atom. The van der Waals surface area contributed by atoms with Gasteiger partial charge >= 0.3 is 5.97 Å². The molecular formula is C38H60O7. The van der Waals surface area contributed by atoms with Gasteiger partial charge in [-0.15, -0.1) is 0 Å². The largest absolute Gasteiger partial charge is 0.458 e. The van der Waals surface area contributed by atoms with Crippen molar-refractivity contribution in [2.45, 2.75) is 174 Å². The van der Waals surface area contributed by atoms with E-state index in [0.717, 1.165) is 24.0 Å². The molecule has 6 aliphatic rings. The van der Waals surface area contributed by atoms with Gasteiger partial charge in [0, 0.05) is 23.7 Å². The number of unbranched alkanes of at least 4 members (excludes halogenated alkanes) is 8. The molecule has 0 aromatic heterocycles. The standard InChI is InChI=1S/C38H60O7/c1-10-11-12-13-14-15-16-17-18-19-28(39)42-37-22-25(3)36-21-24(2)31-38(36,45-35(8,9)43-31)32-26(23-41-34(6,7)44-32)20-27(30(36)40)29(37)33(37,4)5/h20-21,25,27,29-32,40H,10-19,22-23H2,1-9H3/t25-,27+,29-,30?,31+,32-,36+,37+,38-/m1/s1. The van der Waals surface area contributed by atoms with Gasteiger partial charge in [-0.1, -0.05) is 91.2 Å². The van der Waals surface area contributed by atoms with E-state index in [1.54, 1.807) is 0 Å². The molecule has 1 N–H and O–H groups in total. The zero-order valence-corrected chi connectivity index (χ0v) is 29.5. The minimum absolute atomic E-state index is 0.0322. The summed E-state index contributed by atoms with van der Waals surface area (Å²) in [5.74, 6) is -2.16. The summed E-state index contributed by atoms with van der Waals surface area (Å²) in [6, 6.07) is 0. The zero-order valence-electron chi connectivity index (χ0n) is 29.5. The van der Waals surface area contributed by atoms with Gasteiger partial charge in [0.1, 0.15) is 23.4 Å². The average molecular weight is 629 g/mol. The van der Waals surface area contributed by atoms with E-state index in [0.29, 0.717) is 19.4 Å². The Kier molecular flexibility index (Phi) is 8.54. The molecule has 6 rings (SSSR count). The fourth-order valence-corrected chi connectivity index (χ4v) is 10.6. The Morgan fingerprint density at radius 1 is 0.933 bits per heavy atom. The summed E-state index contributed by atoms with van der Waals surface area (Å²) < 4.78 is 33.5. The zero-order chi connectivity index (χ0) is 32.6. The summed E-state index contributed by atoms with van der Waals surface area (Å²) in [6.07, 6.45) is 14.8. The quantitative estimate of drug-likeness (QED) is 0.142. The predicted molar refractivity (Wildman–Crippen MR) is 173 cm³/mol. The highest BCUT2D eigenvalue weighted by atomic mass is 16.8. The topological polar surface area (TPSA) is 83.5 Å². The lowest BCUT2D eigenvalue weighted by atomic mass is 9.58. The number of rotatable bonds is 11. The van der Waals surface area contributed by atoms with Crippen LogP contribution in [0, 0.1) is 28.6 Å². The Balaban J connectivity index is 1.28. The molecule has 254 valence electrons. The van der Waals surface area contributed by atoms with Crippen LogP contribution in [0.3, 0.4) is 0 Å². The van der Waals surface area contributed by atoms with Crippen molar-refractivity contribution >= 4 is 5.97 Å². The number of hydrogen-bond acceptors (Lipinski definition) is 7. The summed E-state index contributed by atoms with van der Waals surface area (Å²) >= 11 is 0. The highest BCUT2D eigenvalue weighted by Crippen LogP contribution is 2.77. The lowest BCUT2D eigenvalue weighted by molar-refractivity contribution is -0.313. The van der Waals surface area contributed by atoms with Crippen LogP contribution in [0.4, 0.5) is 0 Å². The maximum atomic E-state index is 13.5. The fraction of sp³-hybridized carbons (Fsp3) is 0.868. The van der Waals surface area contributed by atoms with Crippen LogP contribution in [0.5, 0.6) is 0 Å². The highest BCUT2D eigenvalue weighted by Gasteiger charge is 2.85. The van der Waals surface area contributed by atoms with E-state index in [1.807, 2.05) is 27.7 Å². The highest BCUT2D eigenvalue weighted by molar-refractivity contribution is 5.71. The predicted octanol–water partition coefficient (Wildman–Crippen LogP) is 7.79. The number of aliphatic hydroxyl groups excluding tert-OH is 1. The number of hydrogen-bond donors (Lipinski definition) is 1. The number of aliphatic hydroxyl groups is 1. The summed E-state index contributed by atoms with van der Waals surface area (Å²) in [6.45, 7) is 19.2. The number of carbonyl (C=O) groups is 1. The monoisotopic (exact) mass is 628 g/mol. The lowest BCUT2D eigenvalue weighted by Crippen LogP contribution is -2.68. The summed E-state index contributed by atoms with van der Waals surface area (Å²) in [7, 11) is 0. The number of fused-ring (bicyclic) bond motifs is 4. The van der Waals surface area contributed by atoms with Gasteiger partial charge in [0.2, 0.25) is 0 Å². The molecular weight excluding hydrogens is 568 g/mol. The van der Waals surface area contributed by atoms with E-state index in [9.17, 15) is 9.90 Å². The number of carbonyl (C=O) groups excluding carboxylic acids is 1. The summed E-state index contributed by atoms with van der Waals surface area (Å²) in [5.41, 5.74) is -0.689. The maximum Gasteiger partial charge on any atom is 0.306 e. The molecule has 2 spiro atoms. The molecule has 2 bridgehead atoms. The van der Waals surface area contributed by atoms with E-state index >= 15 is 0 Å². The van der Waals surface area contributed by atoms with E-state index in [1.165, 1.54) is 44.9 Å². The van der Waals surface area contributed by atoms with Crippen molar-refractivity contribution in [1.29, 1.82) is 0 Å². The number of esters is 1. The van der Waals surface area contributed by atoms with Crippen molar-refractivity contribution in [2.75, 3.05) is 6.61 Å². The lowest BCUT2D eigenvalue weighted by Gasteiger charge is -2.55. The van der Waals surface area contributed by atoms with E-state index < -0.39 is 40.4 Å². The van der Waals surface area contributed by atoms with Crippen molar-refractivity contribution < 1.29 is 33.6 Å². The minimum atomic E-state index is -0.982. The first-order valence-corrected chi connectivity index (χ1v) is 18.1. The van der Waals surface area contributed by atoms with Gasteiger partial charge in [-0.3, -0.25) is 4.79 Å². The van der Waals surface area contributed by atoms with Crippen molar-refractivity contribution in [2.24, 2.45) is 28.6 Å².